The predicted octanol–water partition coefficient (Wildman–Crippen LogP) is 1.72. The Kier molecular flexibility index (Phi) is 4.97. The van der Waals surface area contributed by atoms with Crippen molar-refractivity contribution in [2.45, 2.75) is 19.5 Å². The zero-order valence-electron chi connectivity index (χ0n) is 10.9. The highest BCUT2D eigenvalue weighted by molar-refractivity contribution is 5.78. The predicted molar refractivity (Wildman–Crippen MR) is 68.9 cm³/mol. The largest absolute Gasteiger partial charge is 0.467 e. The van der Waals surface area contributed by atoms with E-state index in [0.29, 0.717) is 0 Å². The summed E-state index contributed by atoms with van der Waals surface area (Å²) in [7, 11) is 5.46. The zero-order valence-corrected chi connectivity index (χ0v) is 10.9. The van der Waals surface area contributed by atoms with Gasteiger partial charge in [-0.15, -0.1) is 0 Å². The van der Waals surface area contributed by atoms with Crippen molar-refractivity contribution in [3.63, 3.8) is 0 Å². The quantitative estimate of drug-likeness (QED) is 0.790. The van der Waals surface area contributed by atoms with Crippen molar-refractivity contribution < 1.29 is 9.53 Å². The second-order valence-corrected chi connectivity index (χ2v) is 4.32. The molecule has 0 heterocycles. The summed E-state index contributed by atoms with van der Waals surface area (Å²) in [5.74, 6) is -0.262. The van der Waals surface area contributed by atoms with Gasteiger partial charge in [0.15, 0.2) is 0 Å². The lowest BCUT2D eigenvalue weighted by molar-refractivity contribution is -0.141. The number of nitrogens with one attached hydrogen (secondary N) is 1. The Morgan fingerprint density at radius 3 is 2.41 bits per heavy atom. The molecule has 1 aromatic rings. The molecule has 0 amide bonds. The van der Waals surface area contributed by atoms with E-state index in [1.165, 1.54) is 12.7 Å². The first-order chi connectivity index (χ1) is 8.02. The van der Waals surface area contributed by atoms with Crippen LogP contribution in [-0.2, 0) is 16.1 Å². The fourth-order valence-electron chi connectivity index (χ4n) is 1.56. The van der Waals surface area contributed by atoms with Gasteiger partial charge in [0.2, 0.25) is 0 Å². The van der Waals surface area contributed by atoms with Gasteiger partial charge in [-0.25, -0.2) is 4.79 Å². The van der Waals surface area contributed by atoms with Crippen LogP contribution in [0.4, 0.5) is 5.69 Å². The molecule has 1 N–H and O–H groups in total. The van der Waals surface area contributed by atoms with Gasteiger partial charge in [-0.05, 0) is 38.7 Å². The lowest BCUT2D eigenvalue weighted by Gasteiger charge is -2.14. The van der Waals surface area contributed by atoms with Crippen LogP contribution >= 0.6 is 0 Å². The first-order valence-corrected chi connectivity index (χ1v) is 5.61. The van der Waals surface area contributed by atoms with Crippen molar-refractivity contribution in [1.82, 2.24) is 4.90 Å². The van der Waals surface area contributed by atoms with Crippen LogP contribution in [0.2, 0.25) is 0 Å². The minimum atomic E-state index is -0.334. The van der Waals surface area contributed by atoms with Crippen molar-refractivity contribution in [2.24, 2.45) is 0 Å². The van der Waals surface area contributed by atoms with E-state index >= 15 is 0 Å². The van der Waals surface area contributed by atoms with Crippen LogP contribution in [0.3, 0.4) is 0 Å². The van der Waals surface area contributed by atoms with Crippen LogP contribution < -0.4 is 5.32 Å². The van der Waals surface area contributed by atoms with E-state index < -0.39 is 0 Å². The van der Waals surface area contributed by atoms with Gasteiger partial charge in [0.05, 0.1) is 7.11 Å². The fraction of sp³-hybridized carbons (Fsp3) is 0.462. The number of anilines is 1. The highest BCUT2D eigenvalue weighted by Crippen LogP contribution is 2.12. The monoisotopic (exact) mass is 236 g/mol. The van der Waals surface area contributed by atoms with Crippen LogP contribution in [-0.4, -0.2) is 38.1 Å². The molecule has 0 spiro atoms. The van der Waals surface area contributed by atoms with Crippen molar-refractivity contribution >= 4 is 11.7 Å². The number of methoxy groups -OCH3 is 1. The Hall–Kier alpha value is -1.55. The van der Waals surface area contributed by atoms with Gasteiger partial charge in [0.1, 0.15) is 6.04 Å². The molecular weight excluding hydrogens is 216 g/mol. The van der Waals surface area contributed by atoms with Crippen LogP contribution in [0, 0.1) is 0 Å². The summed E-state index contributed by atoms with van der Waals surface area (Å²) in [5, 5.41) is 3.08. The number of hydrogen-bond acceptors (Lipinski definition) is 4. The van der Waals surface area contributed by atoms with E-state index in [1.807, 2.05) is 38.4 Å². The molecule has 0 aliphatic carbocycles. The van der Waals surface area contributed by atoms with E-state index in [9.17, 15) is 4.79 Å². The van der Waals surface area contributed by atoms with E-state index in [2.05, 4.69) is 15.0 Å². The summed E-state index contributed by atoms with van der Waals surface area (Å²) in [5.41, 5.74) is 2.16. The van der Waals surface area contributed by atoms with E-state index in [0.717, 1.165) is 12.2 Å². The maximum absolute atomic E-state index is 11.2. The molecule has 17 heavy (non-hydrogen) atoms. The molecule has 1 aromatic carbocycles. The average molecular weight is 236 g/mol. The number of benzene rings is 1. The molecule has 1 rings (SSSR count). The Bertz CT molecular complexity index is 360. The highest BCUT2D eigenvalue weighted by Gasteiger charge is 2.11. The molecule has 4 heteroatoms. The van der Waals surface area contributed by atoms with Crippen molar-refractivity contribution in [2.75, 3.05) is 26.5 Å². The summed E-state index contributed by atoms with van der Waals surface area (Å²) in [6, 6.07) is 7.70. The van der Waals surface area contributed by atoms with E-state index in [1.54, 1.807) is 6.92 Å². The summed E-state index contributed by atoms with van der Waals surface area (Å²) in [4.78, 5) is 13.3. The summed E-state index contributed by atoms with van der Waals surface area (Å²) < 4.78 is 4.65. The lowest BCUT2D eigenvalue weighted by Crippen LogP contribution is -2.27. The highest BCUT2D eigenvalue weighted by atomic mass is 16.5. The summed E-state index contributed by atoms with van der Waals surface area (Å²) >= 11 is 0. The van der Waals surface area contributed by atoms with Crippen LogP contribution in [0.5, 0.6) is 0 Å². The third-order valence-corrected chi connectivity index (χ3v) is 2.39. The second-order valence-electron chi connectivity index (χ2n) is 4.32. The molecule has 0 saturated heterocycles. The topological polar surface area (TPSA) is 41.6 Å². The Morgan fingerprint density at radius 1 is 1.35 bits per heavy atom. The number of carbonyl (C=O) groups excluding carboxylic acids is 1. The summed E-state index contributed by atoms with van der Waals surface area (Å²) in [6.07, 6.45) is 0. The molecule has 0 aromatic heterocycles. The standard InChI is InChI=1S/C13H20N2O2/c1-10(13(16)17-4)14-12-7-5-11(6-8-12)9-15(2)3/h5-8,10,14H,9H2,1-4H3. The molecule has 4 nitrogen and oxygen atoms in total. The first kappa shape index (κ1) is 13.5. The van der Waals surface area contributed by atoms with Gasteiger partial charge in [-0.2, -0.15) is 0 Å². The van der Waals surface area contributed by atoms with Crippen molar-refractivity contribution in [1.29, 1.82) is 0 Å². The molecular formula is C13H20N2O2. The number of esters is 1. The molecule has 94 valence electrons. The molecule has 0 radical (unpaired) electrons. The zero-order chi connectivity index (χ0) is 12.8. The van der Waals surface area contributed by atoms with Gasteiger partial charge in [-0.3, -0.25) is 0 Å². The van der Waals surface area contributed by atoms with Gasteiger partial charge in [0, 0.05) is 12.2 Å². The molecule has 1 unspecified atom stereocenters. The minimum absolute atomic E-state index is 0.262. The SMILES string of the molecule is COC(=O)C(C)Nc1ccc(CN(C)C)cc1. The number of carbonyl (C=O) groups is 1. The second kappa shape index (κ2) is 6.25. The Labute approximate surface area is 103 Å². The van der Waals surface area contributed by atoms with Crippen LogP contribution in [0.25, 0.3) is 0 Å². The van der Waals surface area contributed by atoms with Gasteiger partial charge in [0.25, 0.3) is 0 Å². The fourth-order valence-corrected chi connectivity index (χ4v) is 1.56. The molecule has 0 saturated carbocycles. The smallest absolute Gasteiger partial charge is 0.327 e. The van der Waals surface area contributed by atoms with Gasteiger partial charge in [-0.1, -0.05) is 12.1 Å². The molecule has 0 aliphatic heterocycles. The Morgan fingerprint density at radius 2 is 1.94 bits per heavy atom. The maximum atomic E-state index is 11.2. The lowest BCUT2D eigenvalue weighted by atomic mass is 10.2. The van der Waals surface area contributed by atoms with Gasteiger partial charge >= 0.3 is 5.97 Å². The third-order valence-electron chi connectivity index (χ3n) is 2.39. The molecule has 1 atom stereocenters. The normalized spacial score (nSPS) is 12.3. The molecule has 0 aliphatic rings. The Balaban J connectivity index is 2.59. The average Bonchev–Trinajstić information content (AvgIpc) is 2.30. The molecule has 0 bridgehead atoms. The van der Waals surface area contributed by atoms with E-state index in [4.69, 9.17) is 0 Å². The number of nitrogens with zero attached hydrogens (tertiary/aromatic N) is 1. The minimum Gasteiger partial charge on any atom is -0.467 e. The molecule has 0 fully saturated rings. The summed E-state index contributed by atoms with van der Waals surface area (Å²) in [6.45, 7) is 2.69. The van der Waals surface area contributed by atoms with Crippen molar-refractivity contribution in [3.05, 3.63) is 29.8 Å². The first-order valence-electron chi connectivity index (χ1n) is 5.61. The van der Waals surface area contributed by atoms with Crippen LogP contribution in [0.15, 0.2) is 24.3 Å². The van der Waals surface area contributed by atoms with Crippen LogP contribution in [0.1, 0.15) is 12.5 Å². The number of ether oxygens (including phenoxy) is 1. The maximum Gasteiger partial charge on any atom is 0.327 e. The van der Waals surface area contributed by atoms with E-state index in [-0.39, 0.29) is 12.0 Å². The number of hydrogen-bond donors (Lipinski definition) is 1. The van der Waals surface area contributed by atoms with Gasteiger partial charge < -0.3 is 15.0 Å². The number of rotatable bonds is 5. The third kappa shape index (κ3) is 4.44. The van der Waals surface area contributed by atoms with Crippen molar-refractivity contribution in [3.8, 4) is 0 Å².